The highest BCUT2D eigenvalue weighted by atomic mass is 16.5. The number of carbonyl (C=O) groups excluding carboxylic acids is 1. The molecule has 0 aliphatic rings. The predicted molar refractivity (Wildman–Crippen MR) is 37.4 cm³/mol. The van der Waals surface area contributed by atoms with Crippen molar-refractivity contribution in [3.63, 3.8) is 0 Å². The minimum absolute atomic E-state index is 0.329. The van der Waals surface area contributed by atoms with Crippen LogP contribution in [0.1, 0.15) is 13.3 Å². The minimum Gasteiger partial charge on any atom is -0.504 e. The Morgan fingerprint density at radius 2 is 2.10 bits per heavy atom. The first-order valence-corrected chi connectivity index (χ1v) is 3.06. The van der Waals surface area contributed by atoms with Crippen molar-refractivity contribution >= 4 is 5.97 Å². The molecule has 0 heterocycles. The zero-order valence-electron chi connectivity index (χ0n) is 6.51. The van der Waals surface area contributed by atoms with Gasteiger partial charge in [0.1, 0.15) is 0 Å². The molecule has 0 radical (unpaired) electrons. The maximum absolute atomic E-state index is 10.8. The topological polar surface area (TPSA) is 35.5 Å². The average Bonchev–Trinajstić information content (AvgIpc) is 1.99. The van der Waals surface area contributed by atoms with Crippen molar-refractivity contribution in [2.75, 3.05) is 14.2 Å². The summed E-state index contributed by atoms with van der Waals surface area (Å²) in [6, 6.07) is 0. The lowest BCUT2D eigenvalue weighted by Crippen LogP contribution is -2.03. The van der Waals surface area contributed by atoms with Crippen LogP contribution in [0.5, 0.6) is 0 Å². The normalized spacial score (nSPS) is 10.9. The third kappa shape index (κ3) is 2.53. The van der Waals surface area contributed by atoms with E-state index in [0.717, 1.165) is 0 Å². The molecule has 0 aromatic rings. The van der Waals surface area contributed by atoms with Gasteiger partial charge in [0, 0.05) is 0 Å². The number of hydrogen-bond donors (Lipinski definition) is 0. The maximum atomic E-state index is 10.8. The van der Waals surface area contributed by atoms with E-state index >= 15 is 0 Å². The number of ether oxygens (including phenoxy) is 2. The Morgan fingerprint density at radius 3 is 2.40 bits per heavy atom. The third-order valence-electron chi connectivity index (χ3n) is 1.09. The van der Waals surface area contributed by atoms with Gasteiger partial charge in [-0.3, -0.25) is 0 Å². The SMILES string of the molecule is CCC(=COC)C(=O)OC. The molecule has 0 spiro atoms. The maximum Gasteiger partial charge on any atom is 0.336 e. The highest BCUT2D eigenvalue weighted by Crippen LogP contribution is 2.01. The van der Waals surface area contributed by atoms with Crippen molar-refractivity contribution in [3.8, 4) is 0 Å². The minimum atomic E-state index is -0.329. The molecule has 0 unspecified atom stereocenters. The first kappa shape index (κ1) is 9.01. The van der Waals surface area contributed by atoms with Crippen LogP contribution in [-0.2, 0) is 14.3 Å². The quantitative estimate of drug-likeness (QED) is 0.338. The van der Waals surface area contributed by atoms with Gasteiger partial charge < -0.3 is 9.47 Å². The molecule has 0 aliphatic carbocycles. The summed E-state index contributed by atoms with van der Waals surface area (Å²) in [4.78, 5) is 10.8. The number of methoxy groups -OCH3 is 2. The summed E-state index contributed by atoms with van der Waals surface area (Å²) < 4.78 is 9.12. The summed E-state index contributed by atoms with van der Waals surface area (Å²) >= 11 is 0. The van der Waals surface area contributed by atoms with Gasteiger partial charge in [-0.2, -0.15) is 0 Å². The van der Waals surface area contributed by atoms with E-state index in [1.54, 1.807) is 0 Å². The van der Waals surface area contributed by atoms with Gasteiger partial charge in [0.15, 0.2) is 0 Å². The Hall–Kier alpha value is -0.990. The van der Waals surface area contributed by atoms with E-state index in [-0.39, 0.29) is 5.97 Å². The molecule has 0 atom stereocenters. The van der Waals surface area contributed by atoms with Crippen LogP contribution in [0.3, 0.4) is 0 Å². The molecule has 0 bridgehead atoms. The van der Waals surface area contributed by atoms with Crippen molar-refractivity contribution in [2.45, 2.75) is 13.3 Å². The monoisotopic (exact) mass is 144 g/mol. The van der Waals surface area contributed by atoms with Crippen LogP contribution < -0.4 is 0 Å². The van der Waals surface area contributed by atoms with Gasteiger partial charge in [0.25, 0.3) is 0 Å². The van der Waals surface area contributed by atoms with E-state index in [2.05, 4.69) is 9.47 Å². The van der Waals surface area contributed by atoms with Gasteiger partial charge >= 0.3 is 5.97 Å². The zero-order valence-corrected chi connectivity index (χ0v) is 6.51. The Bertz CT molecular complexity index is 138. The lowest BCUT2D eigenvalue weighted by atomic mass is 10.2. The molecule has 0 aromatic heterocycles. The van der Waals surface area contributed by atoms with Crippen LogP contribution in [0.25, 0.3) is 0 Å². The number of rotatable bonds is 3. The molecule has 3 heteroatoms. The second-order valence-electron chi connectivity index (χ2n) is 1.72. The smallest absolute Gasteiger partial charge is 0.336 e. The van der Waals surface area contributed by atoms with Gasteiger partial charge in [0.05, 0.1) is 26.1 Å². The molecule has 10 heavy (non-hydrogen) atoms. The summed E-state index contributed by atoms with van der Waals surface area (Å²) in [6.07, 6.45) is 2.02. The fourth-order valence-corrected chi connectivity index (χ4v) is 0.549. The lowest BCUT2D eigenvalue weighted by Gasteiger charge is -1.99. The summed E-state index contributed by atoms with van der Waals surface area (Å²) in [6.45, 7) is 1.86. The van der Waals surface area contributed by atoms with Crippen molar-refractivity contribution in [1.82, 2.24) is 0 Å². The molecule has 0 N–H and O–H groups in total. The number of esters is 1. The predicted octanol–water partition coefficient (Wildman–Crippen LogP) is 1.10. The van der Waals surface area contributed by atoms with Crippen LogP contribution in [-0.4, -0.2) is 20.2 Å². The Balaban J connectivity index is 4.06. The molecule has 0 fully saturated rings. The van der Waals surface area contributed by atoms with Crippen molar-refractivity contribution < 1.29 is 14.3 Å². The summed E-state index contributed by atoms with van der Waals surface area (Å²) in [5.41, 5.74) is 0.546. The van der Waals surface area contributed by atoms with Crippen molar-refractivity contribution in [3.05, 3.63) is 11.8 Å². The van der Waals surface area contributed by atoms with Gasteiger partial charge in [0.2, 0.25) is 0 Å². The molecule has 0 rings (SSSR count). The molecule has 58 valence electrons. The van der Waals surface area contributed by atoms with E-state index in [1.807, 2.05) is 6.92 Å². The Morgan fingerprint density at radius 1 is 1.50 bits per heavy atom. The van der Waals surface area contributed by atoms with E-state index in [4.69, 9.17) is 0 Å². The van der Waals surface area contributed by atoms with Crippen LogP contribution in [0, 0.1) is 0 Å². The first-order chi connectivity index (χ1) is 4.76. The van der Waals surface area contributed by atoms with E-state index in [0.29, 0.717) is 12.0 Å². The largest absolute Gasteiger partial charge is 0.504 e. The van der Waals surface area contributed by atoms with E-state index < -0.39 is 0 Å². The lowest BCUT2D eigenvalue weighted by molar-refractivity contribution is -0.136. The first-order valence-electron chi connectivity index (χ1n) is 3.06. The standard InChI is InChI=1S/C7H12O3/c1-4-6(5-9-2)7(8)10-3/h5H,4H2,1-3H3. The highest BCUT2D eigenvalue weighted by Gasteiger charge is 2.05. The summed E-state index contributed by atoms with van der Waals surface area (Å²) in [5, 5.41) is 0. The summed E-state index contributed by atoms with van der Waals surface area (Å²) in [5.74, 6) is -0.329. The van der Waals surface area contributed by atoms with Gasteiger partial charge in [-0.05, 0) is 6.42 Å². The molecule has 0 saturated carbocycles. The third-order valence-corrected chi connectivity index (χ3v) is 1.09. The number of hydrogen-bond acceptors (Lipinski definition) is 3. The molecule has 0 aromatic carbocycles. The second kappa shape index (κ2) is 4.85. The van der Waals surface area contributed by atoms with Crippen LogP contribution >= 0.6 is 0 Å². The highest BCUT2D eigenvalue weighted by molar-refractivity contribution is 5.87. The van der Waals surface area contributed by atoms with Gasteiger partial charge in [-0.25, -0.2) is 4.79 Å². The number of carbonyl (C=O) groups is 1. The molecular formula is C7H12O3. The summed E-state index contributed by atoms with van der Waals surface area (Å²) in [7, 11) is 2.85. The molecular weight excluding hydrogens is 132 g/mol. The van der Waals surface area contributed by atoms with Crippen molar-refractivity contribution in [1.29, 1.82) is 0 Å². The van der Waals surface area contributed by atoms with Crippen molar-refractivity contribution in [2.24, 2.45) is 0 Å². The van der Waals surface area contributed by atoms with E-state index in [1.165, 1.54) is 20.5 Å². The fraction of sp³-hybridized carbons (Fsp3) is 0.571. The molecule has 3 nitrogen and oxygen atoms in total. The average molecular weight is 144 g/mol. The van der Waals surface area contributed by atoms with Crippen LogP contribution in [0.4, 0.5) is 0 Å². The Kier molecular flexibility index (Phi) is 4.37. The van der Waals surface area contributed by atoms with Gasteiger partial charge in [-0.1, -0.05) is 6.92 Å². The zero-order chi connectivity index (χ0) is 7.98. The Labute approximate surface area is 60.6 Å². The van der Waals surface area contributed by atoms with Crippen LogP contribution in [0.2, 0.25) is 0 Å². The fourth-order valence-electron chi connectivity index (χ4n) is 0.549. The second-order valence-corrected chi connectivity index (χ2v) is 1.72. The van der Waals surface area contributed by atoms with Crippen LogP contribution in [0.15, 0.2) is 11.8 Å². The molecule has 0 amide bonds. The molecule has 0 aliphatic heterocycles. The van der Waals surface area contributed by atoms with E-state index in [9.17, 15) is 4.79 Å². The van der Waals surface area contributed by atoms with Gasteiger partial charge in [-0.15, -0.1) is 0 Å². The molecule has 0 saturated heterocycles.